The molecule has 0 bridgehead atoms. The van der Waals surface area contributed by atoms with E-state index < -0.39 is 6.04 Å². The summed E-state index contributed by atoms with van der Waals surface area (Å²) in [6.07, 6.45) is 5.30. The third-order valence-corrected chi connectivity index (χ3v) is 4.84. The third kappa shape index (κ3) is 4.44. The van der Waals surface area contributed by atoms with E-state index >= 15 is 0 Å². The zero-order chi connectivity index (χ0) is 17.6. The molecule has 3 rings (SSSR count). The van der Waals surface area contributed by atoms with Gasteiger partial charge in [0, 0.05) is 25.6 Å². The molecule has 5 heteroatoms. The molecule has 1 fully saturated rings. The fraction of sp³-hybridized carbons (Fsp3) is 0.400. The van der Waals surface area contributed by atoms with Crippen LogP contribution >= 0.6 is 0 Å². The maximum atomic E-state index is 12.4. The van der Waals surface area contributed by atoms with Crippen molar-refractivity contribution < 1.29 is 9.53 Å². The minimum Gasteiger partial charge on any atom is -0.381 e. The van der Waals surface area contributed by atoms with Crippen LogP contribution in [0, 0.1) is 5.92 Å². The Morgan fingerprint density at radius 2 is 1.92 bits per heavy atom. The summed E-state index contributed by atoms with van der Waals surface area (Å²) in [6, 6.07) is 11.6. The number of rotatable bonds is 5. The largest absolute Gasteiger partial charge is 0.381 e. The van der Waals surface area contributed by atoms with Gasteiger partial charge >= 0.3 is 0 Å². The number of carbonyl (C=O) groups is 1. The molecule has 0 spiro atoms. The van der Waals surface area contributed by atoms with Gasteiger partial charge in [-0.05, 0) is 48.4 Å². The summed E-state index contributed by atoms with van der Waals surface area (Å²) < 4.78 is 5.34. The van der Waals surface area contributed by atoms with Gasteiger partial charge in [0.05, 0.1) is 12.1 Å². The summed E-state index contributed by atoms with van der Waals surface area (Å²) in [5.41, 5.74) is 9.38. The van der Waals surface area contributed by atoms with Gasteiger partial charge in [-0.15, -0.1) is 0 Å². The molecule has 2 unspecified atom stereocenters. The molecule has 1 saturated heterocycles. The highest BCUT2D eigenvalue weighted by Crippen LogP contribution is 2.22. The van der Waals surface area contributed by atoms with E-state index in [1.54, 1.807) is 6.20 Å². The molecule has 2 atom stereocenters. The highest BCUT2D eigenvalue weighted by Gasteiger charge is 2.27. The Morgan fingerprint density at radius 3 is 2.56 bits per heavy atom. The van der Waals surface area contributed by atoms with Crippen LogP contribution in [0.2, 0.25) is 0 Å². The van der Waals surface area contributed by atoms with Gasteiger partial charge in [0.25, 0.3) is 0 Å². The van der Waals surface area contributed by atoms with Crippen molar-refractivity contribution in [3.05, 3.63) is 54.4 Å². The second kappa shape index (κ2) is 8.23. The number of hydrogen-bond donors (Lipinski definition) is 2. The Morgan fingerprint density at radius 1 is 1.20 bits per heavy atom. The first kappa shape index (κ1) is 17.6. The van der Waals surface area contributed by atoms with E-state index in [0.29, 0.717) is 13.2 Å². The number of ether oxygens (including phenoxy) is 1. The van der Waals surface area contributed by atoms with Gasteiger partial charge in [0.2, 0.25) is 5.91 Å². The number of pyridine rings is 1. The average Bonchev–Trinajstić information content (AvgIpc) is 2.68. The maximum Gasteiger partial charge on any atom is 0.237 e. The molecule has 1 aliphatic heterocycles. The van der Waals surface area contributed by atoms with Crippen molar-refractivity contribution in [2.75, 3.05) is 13.2 Å². The average molecular weight is 339 g/mol. The Hall–Kier alpha value is -2.24. The van der Waals surface area contributed by atoms with Crippen LogP contribution < -0.4 is 11.1 Å². The number of aromatic nitrogens is 1. The summed E-state index contributed by atoms with van der Waals surface area (Å²) in [5.74, 6) is 0.115. The molecule has 5 nitrogen and oxygen atoms in total. The highest BCUT2D eigenvalue weighted by molar-refractivity contribution is 5.82. The van der Waals surface area contributed by atoms with Gasteiger partial charge in [-0.2, -0.15) is 0 Å². The molecule has 0 aliphatic carbocycles. The van der Waals surface area contributed by atoms with E-state index in [1.807, 2.05) is 49.5 Å². The molecule has 2 heterocycles. The third-order valence-electron chi connectivity index (χ3n) is 4.84. The van der Waals surface area contributed by atoms with Crippen molar-refractivity contribution in [3.8, 4) is 11.1 Å². The van der Waals surface area contributed by atoms with E-state index in [0.717, 1.165) is 29.5 Å². The van der Waals surface area contributed by atoms with Crippen molar-refractivity contribution in [1.29, 1.82) is 0 Å². The molecule has 25 heavy (non-hydrogen) atoms. The van der Waals surface area contributed by atoms with E-state index in [-0.39, 0.29) is 17.9 Å². The van der Waals surface area contributed by atoms with Crippen LogP contribution in [0.1, 0.15) is 31.4 Å². The van der Waals surface area contributed by atoms with E-state index in [2.05, 4.69) is 10.3 Å². The Bertz CT molecular complexity index is 682. The number of nitrogens with zero attached hydrogens (tertiary/aromatic N) is 1. The second-order valence-corrected chi connectivity index (χ2v) is 6.57. The van der Waals surface area contributed by atoms with Crippen LogP contribution in [0.5, 0.6) is 0 Å². The monoisotopic (exact) mass is 339 g/mol. The Labute approximate surface area is 148 Å². The number of carbonyl (C=O) groups excluding carboxylic acids is 1. The summed E-state index contributed by atoms with van der Waals surface area (Å²) in [5, 5.41) is 3.04. The second-order valence-electron chi connectivity index (χ2n) is 6.57. The van der Waals surface area contributed by atoms with Gasteiger partial charge in [-0.1, -0.05) is 30.3 Å². The first-order valence-corrected chi connectivity index (χ1v) is 8.79. The van der Waals surface area contributed by atoms with Gasteiger partial charge in [0.1, 0.15) is 0 Å². The molecule has 3 N–H and O–H groups in total. The van der Waals surface area contributed by atoms with Crippen LogP contribution in [0.25, 0.3) is 11.1 Å². The number of nitrogens with one attached hydrogen (secondary N) is 1. The lowest BCUT2D eigenvalue weighted by atomic mass is 9.91. The van der Waals surface area contributed by atoms with Crippen molar-refractivity contribution in [2.45, 2.75) is 31.8 Å². The molecule has 1 amide bonds. The predicted octanol–water partition coefficient (Wildman–Crippen LogP) is 2.68. The summed E-state index contributed by atoms with van der Waals surface area (Å²) >= 11 is 0. The zero-order valence-electron chi connectivity index (χ0n) is 14.5. The molecule has 0 saturated carbocycles. The van der Waals surface area contributed by atoms with Crippen molar-refractivity contribution in [1.82, 2.24) is 10.3 Å². The lowest BCUT2D eigenvalue weighted by molar-refractivity contribution is -0.125. The topological polar surface area (TPSA) is 77.2 Å². The van der Waals surface area contributed by atoms with Gasteiger partial charge < -0.3 is 15.8 Å². The smallest absolute Gasteiger partial charge is 0.237 e. The van der Waals surface area contributed by atoms with E-state index in [1.165, 1.54) is 0 Å². The van der Waals surface area contributed by atoms with Crippen molar-refractivity contribution in [2.24, 2.45) is 11.7 Å². The van der Waals surface area contributed by atoms with E-state index in [4.69, 9.17) is 10.5 Å². The fourth-order valence-electron chi connectivity index (χ4n) is 3.18. The Balaban J connectivity index is 1.60. The summed E-state index contributed by atoms with van der Waals surface area (Å²) in [6.45, 7) is 3.36. The maximum absolute atomic E-state index is 12.4. The zero-order valence-corrected chi connectivity index (χ0v) is 14.5. The molecule has 2 aromatic rings. The van der Waals surface area contributed by atoms with Crippen molar-refractivity contribution >= 4 is 5.91 Å². The lowest BCUT2D eigenvalue weighted by Gasteiger charge is -2.28. The van der Waals surface area contributed by atoms with Crippen LogP contribution in [0.3, 0.4) is 0 Å². The Kier molecular flexibility index (Phi) is 5.79. The summed E-state index contributed by atoms with van der Waals surface area (Å²) in [7, 11) is 0. The molecular formula is C20H25N3O2. The molecule has 1 aromatic heterocycles. The summed E-state index contributed by atoms with van der Waals surface area (Å²) in [4.78, 5) is 16.6. The fourth-order valence-corrected chi connectivity index (χ4v) is 3.18. The van der Waals surface area contributed by atoms with Gasteiger partial charge in [-0.3, -0.25) is 9.78 Å². The molecular weight excluding hydrogens is 314 g/mol. The van der Waals surface area contributed by atoms with Crippen LogP contribution in [0.4, 0.5) is 0 Å². The minimum atomic E-state index is -0.471. The number of nitrogens with two attached hydrogens (primary N) is 1. The molecule has 1 aliphatic rings. The van der Waals surface area contributed by atoms with Crippen LogP contribution in [-0.4, -0.2) is 30.1 Å². The number of hydrogen-bond acceptors (Lipinski definition) is 4. The predicted molar refractivity (Wildman–Crippen MR) is 97.7 cm³/mol. The molecule has 0 radical (unpaired) electrons. The minimum absolute atomic E-state index is 0.0821. The van der Waals surface area contributed by atoms with Crippen LogP contribution in [-0.2, 0) is 9.53 Å². The molecule has 132 valence electrons. The lowest BCUT2D eigenvalue weighted by Crippen LogP contribution is -2.47. The normalized spacial score (nSPS) is 17.7. The SMILES string of the molecule is CC(NC(=O)C(N)C1CCOCC1)c1ccc(-c2cccnc2)cc1. The highest BCUT2D eigenvalue weighted by atomic mass is 16.5. The van der Waals surface area contributed by atoms with Crippen LogP contribution in [0.15, 0.2) is 48.8 Å². The van der Waals surface area contributed by atoms with Crippen molar-refractivity contribution in [3.63, 3.8) is 0 Å². The number of amides is 1. The quantitative estimate of drug-likeness (QED) is 0.878. The number of benzene rings is 1. The first-order chi connectivity index (χ1) is 12.1. The molecule has 1 aromatic carbocycles. The standard InChI is InChI=1S/C20H25N3O2/c1-14(23-20(24)19(21)17-8-11-25-12-9-17)15-4-6-16(7-5-15)18-3-2-10-22-13-18/h2-7,10,13-14,17,19H,8-9,11-12,21H2,1H3,(H,23,24). The van der Waals surface area contributed by atoms with E-state index in [9.17, 15) is 4.79 Å². The first-order valence-electron chi connectivity index (χ1n) is 8.79. The van der Waals surface area contributed by atoms with Gasteiger partial charge in [-0.25, -0.2) is 0 Å². The van der Waals surface area contributed by atoms with Gasteiger partial charge in [0.15, 0.2) is 0 Å².